The van der Waals surface area contributed by atoms with Gasteiger partial charge in [0, 0.05) is 17.5 Å². The fourth-order valence-corrected chi connectivity index (χ4v) is 3.38. The summed E-state index contributed by atoms with van der Waals surface area (Å²) in [6.45, 7) is 9.36. The van der Waals surface area contributed by atoms with Gasteiger partial charge < -0.3 is 25.3 Å². The Labute approximate surface area is 176 Å². The third-order valence-corrected chi connectivity index (χ3v) is 4.72. The maximum Gasteiger partial charge on any atom is 0.341 e. The van der Waals surface area contributed by atoms with E-state index in [2.05, 4.69) is 5.32 Å². The van der Waals surface area contributed by atoms with Crippen molar-refractivity contribution in [2.45, 2.75) is 66.1 Å². The molecule has 1 aromatic rings. The summed E-state index contributed by atoms with van der Waals surface area (Å²) < 4.78 is 16.1. The molecule has 0 aromatic heterocycles. The van der Waals surface area contributed by atoms with Crippen molar-refractivity contribution in [3.63, 3.8) is 0 Å². The second-order valence-corrected chi connectivity index (χ2v) is 8.27. The van der Waals surface area contributed by atoms with Crippen LogP contribution in [0.4, 0.5) is 10.5 Å². The number of amides is 2. The minimum absolute atomic E-state index is 0.120. The minimum Gasteiger partial charge on any atom is -0.496 e. The fraction of sp³-hybridized carbons (Fsp3) is 0.500. The van der Waals surface area contributed by atoms with Crippen LogP contribution in [-0.2, 0) is 27.3 Å². The van der Waals surface area contributed by atoms with Crippen molar-refractivity contribution in [3.8, 4) is 5.75 Å². The zero-order valence-corrected chi connectivity index (χ0v) is 18.4. The number of carbonyl (C=O) groups excluding carboxylic acids is 3. The number of carbonyl (C=O) groups is 3. The molecule has 3 N–H and O–H groups in total. The standard InChI is InChI=1S/C22H30N2O6/c1-12(8-10-16(25)30-22(3,4)5)7-9-14-18(24-21(23)27)17-15(11-29-20(17)26)13(2)19(14)28-6/h7H,8-11H2,1-6H3,(H3,23,24,27)/b12-7+. The van der Waals surface area contributed by atoms with Crippen LogP contribution in [0.25, 0.3) is 0 Å². The van der Waals surface area contributed by atoms with Crippen LogP contribution in [0.1, 0.15) is 67.6 Å². The van der Waals surface area contributed by atoms with Gasteiger partial charge in [0.15, 0.2) is 0 Å². The van der Waals surface area contributed by atoms with E-state index >= 15 is 0 Å². The average Bonchev–Trinajstić information content (AvgIpc) is 3.01. The summed E-state index contributed by atoms with van der Waals surface area (Å²) >= 11 is 0. The van der Waals surface area contributed by atoms with E-state index in [0.29, 0.717) is 41.0 Å². The fourth-order valence-electron chi connectivity index (χ4n) is 3.38. The average molecular weight is 418 g/mol. The Morgan fingerprint density at radius 3 is 2.50 bits per heavy atom. The second-order valence-electron chi connectivity index (χ2n) is 8.27. The molecular formula is C22H30N2O6. The first-order chi connectivity index (χ1) is 13.9. The molecule has 0 spiro atoms. The van der Waals surface area contributed by atoms with Crippen molar-refractivity contribution in [2.75, 3.05) is 12.4 Å². The van der Waals surface area contributed by atoms with Crippen LogP contribution < -0.4 is 15.8 Å². The van der Waals surface area contributed by atoms with Crippen molar-refractivity contribution >= 4 is 23.7 Å². The van der Waals surface area contributed by atoms with Gasteiger partial charge in [-0.05, 0) is 53.0 Å². The van der Waals surface area contributed by atoms with Gasteiger partial charge in [-0.1, -0.05) is 11.6 Å². The number of primary amides is 1. The Kier molecular flexibility index (Phi) is 7.12. The van der Waals surface area contributed by atoms with Gasteiger partial charge in [-0.2, -0.15) is 0 Å². The number of nitrogens with one attached hydrogen (secondary N) is 1. The highest BCUT2D eigenvalue weighted by molar-refractivity contribution is 6.05. The summed E-state index contributed by atoms with van der Waals surface area (Å²) in [5, 5.41) is 2.56. The highest BCUT2D eigenvalue weighted by atomic mass is 16.6. The molecule has 0 fully saturated rings. The van der Waals surface area contributed by atoms with Gasteiger partial charge in [-0.3, -0.25) is 4.79 Å². The molecule has 1 aromatic carbocycles. The van der Waals surface area contributed by atoms with Gasteiger partial charge >= 0.3 is 18.0 Å². The molecule has 0 atom stereocenters. The van der Waals surface area contributed by atoms with Crippen molar-refractivity contribution in [3.05, 3.63) is 33.9 Å². The lowest BCUT2D eigenvalue weighted by Gasteiger charge is -2.20. The molecule has 2 amide bonds. The Morgan fingerprint density at radius 1 is 1.27 bits per heavy atom. The molecular weight excluding hydrogens is 388 g/mol. The van der Waals surface area contributed by atoms with Crippen LogP contribution in [0, 0.1) is 6.92 Å². The van der Waals surface area contributed by atoms with E-state index in [0.717, 1.165) is 11.1 Å². The summed E-state index contributed by atoms with van der Waals surface area (Å²) in [5.74, 6) is -0.210. The Morgan fingerprint density at radius 2 is 1.93 bits per heavy atom. The number of urea groups is 1. The van der Waals surface area contributed by atoms with Crippen molar-refractivity contribution in [1.82, 2.24) is 0 Å². The third-order valence-electron chi connectivity index (χ3n) is 4.72. The maximum atomic E-state index is 12.3. The number of hydrogen-bond acceptors (Lipinski definition) is 6. The zero-order chi connectivity index (χ0) is 22.6. The monoisotopic (exact) mass is 418 g/mol. The molecule has 0 aliphatic carbocycles. The van der Waals surface area contributed by atoms with Gasteiger partial charge in [-0.25, -0.2) is 9.59 Å². The number of esters is 2. The van der Waals surface area contributed by atoms with Crippen LogP contribution in [0.3, 0.4) is 0 Å². The molecule has 8 heteroatoms. The number of hydrogen-bond donors (Lipinski definition) is 2. The predicted molar refractivity (Wildman–Crippen MR) is 113 cm³/mol. The number of anilines is 1. The number of nitrogens with two attached hydrogens (primary N) is 1. The highest BCUT2D eigenvalue weighted by Crippen LogP contribution is 2.41. The third kappa shape index (κ3) is 5.52. The van der Waals surface area contributed by atoms with E-state index in [1.165, 1.54) is 7.11 Å². The lowest BCUT2D eigenvalue weighted by Crippen LogP contribution is -2.23. The number of ether oxygens (including phenoxy) is 3. The number of allylic oxidation sites excluding steroid dienone is 2. The first kappa shape index (κ1) is 23.3. The van der Waals surface area contributed by atoms with Gasteiger partial charge in [0.05, 0.1) is 18.4 Å². The molecule has 0 radical (unpaired) electrons. The molecule has 0 unspecified atom stereocenters. The van der Waals surface area contributed by atoms with Crippen LogP contribution >= 0.6 is 0 Å². The molecule has 30 heavy (non-hydrogen) atoms. The van der Waals surface area contributed by atoms with Gasteiger partial charge in [-0.15, -0.1) is 0 Å². The SMILES string of the molecule is COc1c(C)c2c(c(NC(N)=O)c1C/C=C(\C)CCC(=O)OC(C)(C)C)C(=O)OC2. The van der Waals surface area contributed by atoms with Crippen LogP contribution in [0.15, 0.2) is 11.6 Å². The molecule has 1 aliphatic heterocycles. The maximum absolute atomic E-state index is 12.3. The first-order valence-electron chi connectivity index (χ1n) is 9.78. The van der Waals surface area contributed by atoms with Gasteiger partial charge in [0.1, 0.15) is 18.0 Å². The smallest absolute Gasteiger partial charge is 0.341 e. The normalized spacial score (nSPS) is 13.5. The number of rotatable bonds is 7. The largest absolute Gasteiger partial charge is 0.496 e. The summed E-state index contributed by atoms with van der Waals surface area (Å²) in [6.07, 6.45) is 3.10. The lowest BCUT2D eigenvalue weighted by atomic mass is 9.93. The van der Waals surface area contributed by atoms with E-state index in [9.17, 15) is 14.4 Å². The molecule has 8 nitrogen and oxygen atoms in total. The second kappa shape index (κ2) is 9.19. The molecule has 0 saturated heterocycles. The Bertz CT molecular complexity index is 896. The molecule has 1 heterocycles. The molecule has 164 valence electrons. The molecule has 2 rings (SSSR count). The number of fused-ring (bicyclic) bond motifs is 1. The quantitative estimate of drug-likeness (QED) is 0.514. The lowest BCUT2D eigenvalue weighted by molar-refractivity contribution is -0.154. The molecule has 1 aliphatic rings. The highest BCUT2D eigenvalue weighted by Gasteiger charge is 2.32. The van der Waals surface area contributed by atoms with Crippen molar-refractivity contribution in [1.29, 1.82) is 0 Å². The number of cyclic esters (lactones) is 1. The van der Waals surface area contributed by atoms with E-state index in [-0.39, 0.29) is 19.0 Å². The van der Waals surface area contributed by atoms with E-state index in [1.807, 2.05) is 40.7 Å². The van der Waals surface area contributed by atoms with Crippen LogP contribution in [-0.4, -0.2) is 30.7 Å². The molecule has 0 bridgehead atoms. The summed E-state index contributed by atoms with van der Waals surface area (Å²) in [5.41, 5.74) is 8.48. The predicted octanol–water partition coefficient (Wildman–Crippen LogP) is 3.78. The van der Waals surface area contributed by atoms with Crippen LogP contribution in [0.2, 0.25) is 0 Å². The zero-order valence-electron chi connectivity index (χ0n) is 18.4. The first-order valence-corrected chi connectivity index (χ1v) is 9.78. The van der Waals surface area contributed by atoms with E-state index < -0.39 is 17.6 Å². The van der Waals surface area contributed by atoms with E-state index in [1.54, 1.807) is 0 Å². The minimum atomic E-state index is -0.783. The number of methoxy groups -OCH3 is 1. The topological polar surface area (TPSA) is 117 Å². The van der Waals surface area contributed by atoms with Gasteiger partial charge in [0.2, 0.25) is 0 Å². The van der Waals surface area contributed by atoms with Crippen molar-refractivity contribution in [2.24, 2.45) is 5.73 Å². The number of benzene rings is 1. The Hall–Kier alpha value is -3.03. The molecule has 0 saturated carbocycles. The summed E-state index contributed by atoms with van der Waals surface area (Å²) in [4.78, 5) is 35.8. The summed E-state index contributed by atoms with van der Waals surface area (Å²) in [7, 11) is 1.53. The van der Waals surface area contributed by atoms with Crippen LogP contribution in [0.5, 0.6) is 5.75 Å². The summed E-state index contributed by atoms with van der Waals surface area (Å²) in [6, 6.07) is -0.783. The Balaban J connectivity index is 2.32. The van der Waals surface area contributed by atoms with Gasteiger partial charge in [0.25, 0.3) is 0 Å². The van der Waals surface area contributed by atoms with E-state index in [4.69, 9.17) is 19.9 Å². The van der Waals surface area contributed by atoms with Crippen molar-refractivity contribution < 1.29 is 28.6 Å².